The highest BCUT2D eigenvalue weighted by Gasteiger charge is 2.12. The van der Waals surface area contributed by atoms with Gasteiger partial charge in [-0.25, -0.2) is 4.79 Å². The van der Waals surface area contributed by atoms with Gasteiger partial charge in [-0.05, 0) is 60.2 Å². The van der Waals surface area contributed by atoms with Crippen molar-refractivity contribution < 1.29 is 19.4 Å². The highest BCUT2D eigenvalue weighted by atomic mass is 16.5. The summed E-state index contributed by atoms with van der Waals surface area (Å²) in [6.07, 6.45) is 3.77. The summed E-state index contributed by atoms with van der Waals surface area (Å²) in [6, 6.07) is 12.9. The number of aliphatic carboxylic acids is 1. The number of rotatable bonds is 6. The van der Waals surface area contributed by atoms with Crippen molar-refractivity contribution in [2.75, 3.05) is 11.9 Å². The normalized spacial score (nSPS) is 12.5. The molecule has 0 saturated heterocycles. The van der Waals surface area contributed by atoms with Crippen molar-refractivity contribution in [3.8, 4) is 5.75 Å². The van der Waals surface area contributed by atoms with E-state index in [4.69, 9.17) is 9.84 Å². The van der Waals surface area contributed by atoms with Gasteiger partial charge >= 0.3 is 5.97 Å². The van der Waals surface area contributed by atoms with Crippen LogP contribution in [0, 0.1) is 0 Å². The van der Waals surface area contributed by atoms with Crippen LogP contribution in [0.5, 0.6) is 5.75 Å². The van der Waals surface area contributed by atoms with E-state index in [9.17, 15) is 9.59 Å². The number of benzene rings is 2. The molecule has 2 N–H and O–H groups in total. The van der Waals surface area contributed by atoms with Gasteiger partial charge in [-0.3, -0.25) is 4.79 Å². The molecular formula is C19H19NO4. The third-order valence-electron chi connectivity index (χ3n) is 4.03. The largest absolute Gasteiger partial charge is 0.482 e. The van der Waals surface area contributed by atoms with E-state index >= 15 is 0 Å². The lowest BCUT2D eigenvalue weighted by molar-refractivity contribution is -0.139. The van der Waals surface area contributed by atoms with Crippen LogP contribution in [0.2, 0.25) is 0 Å². The summed E-state index contributed by atoms with van der Waals surface area (Å²) in [5.74, 6) is -0.650. The number of fused-ring (bicyclic) bond motifs is 1. The first-order valence-corrected chi connectivity index (χ1v) is 7.95. The number of carbonyl (C=O) groups is 2. The number of carbonyl (C=O) groups excluding carboxylic acids is 1. The van der Waals surface area contributed by atoms with Gasteiger partial charge in [0.15, 0.2) is 6.61 Å². The number of anilines is 1. The SMILES string of the molecule is O=C(O)COc1ccc(NC(=O)Cc2ccc3c(c2)CCC3)cc1. The van der Waals surface area contributed by atoms with Crippen LogP contribution in [0.25, 0.3) is 0 Å². The van der Waals surface area contributed by atoms with Gasteiger partial charge in [-0.2, -0.15) is 0 Å². The quantitative estimate of drug-likeness (QED) is 0.856. The summed E-state index contributed by atoms with van der Waals surface area (Å²) < 4.78 is 5.05. The highest BCUT2D eigenvalue weighted by Crippen LogP contribution is 2.23. The zero-order chi connectivity index (χ0) is 16.9. The average Bonchev–Trinajstić information content (AvgIpc) is 3.01. The molecule has 24 heavy (non-hydrogen) atoms. The molecule has 1 aliphatic carbocycles. The van der Waals surface area contributed by atoms with E-state index in [2.05, 4.69) is 17.4 Å². The molecule has 5 nitrogen and oxygen atoms in total. The van der Waals surface area contributed by atoms with Gasteiger partial charge in [0, 0.05) is 5.69 Å². The van der Waals surface area contributed by atoms with Crippen LogP contribution < -0.4 is 10.1 Å². The van der Waals surface area contributed by atoms with Crippen molar-refractivity contribution in [1.29, 1.82) is 0 Å². The number of amides is 1. The van der Waals surface area contributed by atoms with Gasteiger partial charge in [0.1, 0.15) is 5.75 Å². The smallest absolute Gasteiger partial charge is 0.341 e. The van der Waals surface area contributed by atoms with E-state index in [0.29, 0.717) is 17.9 Å². The molecule has 0 heterocycles. The van der Waals surface area contributed by atoms with Gasteiger partial charge in [0.2, 0.25) is 5.91 Å². The third kappa shape index (κ3) is 4.13. The molecule has 2 aromatic rings. The van der Waals surface area contributed by atoms with Crippen molar-refractivity contribution in [1.82, 2.24) is 0 Å². The van der Waals surface area contributed by atoms with Crippen LogP contribution >= 0.6 is 0 Å². The topological polar surface area (TPSA) is 75.6 Å². The molecule has 0 aromatic heterocycles. The second kappa shape index (κ2) is 7.17. The van der Waals surface area contributed by atoms with E-state index in [1.165, 1.54) is 17.5 Å². The molecule has 0 atom stereocenters. The maximum Gasteiger partial charge on any atom is 0.341 e. The maximum atomic E-state index is 12.2. The van der Waals surface area contributed by atoms with Crippen LogP contribution in [0.1, 0.15) is 23.1 Å². The van der Waals surface area contributed by atoms with Gasteiger partial charge in [-0.15, -0.1) is 0 Å². The minimum Gasteiger partial charge on any atom is -0.482 e. The molecule has 1 amide bonds. The van der Waals surface area contributed by atoms with E-state index < -0.39 is 5.97 Å². The molecule has 0 bridgehead atoms. The van der Waals surface area contributed by atoms with Crippen LogP contribution in [-0.4, -0.2) is 23.6 Å². The molecule has 5 heteroatoms. The third-order valence-corrected chi connectivity index (χ3v) is 4.03. The first kappa shape index (κ1) is 16.1. The van der Waals surface area contributed by atoms with E-state index in [1.54, 1.807) is 24.3 Å². The van der Waals surface area contributed by atoms with E-state index in [-0.39, 0.29) is 12.5 Å². The molecular weight excluding hydrogens is 306 g/mol. The zero-order valence-corrected chi connectivity index (χ0v) is 13.2. The second-order valence-electron chi connectivity index (χ2n) is 5.89. The summed E-state index contributed by atoms with van der Waals surface area (Å²) in [4.78, 5) is 22.6. The monoisotopic (exact) mass is 325 g/mol. The second-order valence-corrected chi connectivity index (χ2v) is 5.89. The highest BCUT2D eigenvalue weighted by molar-refractivity contribution is 5.92. The summed E-state index contributed by atoms with van der Waals surface area (Å²) in [7, 11) is 0. The van der Waals surface area contributed by atoms with Gasteiger partial charge in [0.25, 0.3) is 0 Å². The zero-order valence-electron chi connectivity index (χ0n) is 13.2. The molecule has 0 saturated carbocycles. The molecule has 0 spiro atoms. The Balaban J connectivity index is 1.55. The summed E-state index contributed by atoms with van der Waals surface area (Å²) in [5, 5.41) is 11.4. The van der Waals surface area contributed by atoms with Crippen molar-refractivity contribution in [2.24, 2.45) is 0 Å². The van der Waals surface area contributed by atoms with Crippen molar-refractivity contribution in [3.63, 3.8) is 0 Å². The first-order chi connectivity index (χ1) is 11.6. The Kier molecular flexibility index (Phi) is 4.79. The van der Waals surface area contributed by atoms with Crippen molar-refractivity contribution >= 4 is 17.6 Å². The summed E-state index contributed by atoms with van der Waals surface area (Å²) >= 11 is 0. The lowest BCUT2D eigenvalue weighted by Gasteiger charge is -2.08. The Labute approximate surface area is 140 Å². The predicted octanol–water partition coefficient (Wildman–Crippen LogP) is 2.82. The fourth-order valence-corrected chi connectivity index (χ4v) is 2.91. The average molecular weight is 325 g/mol. The standard InChI is InChI=1S/C19H19NO4/c21-18(11-13-4-5-14-2-1-3-15(14)10-13)20-16-6-8-17(9-7-16)24-12-19(22)23/h4-10H,1-3,11-12H2,(H,20,21)(H,22,23). The first-order valence-electron chi connectivity index (χ1n) is 7.95. The number of carboxylic acids is 1. The maximum absolute atomic E-state index is 12.2. The Morgan fingerprint density at radius 1 is 1.04 bits per heavy atom. The molecule has 0 radical (unpaired) electrons. The van der Waals surface area contributed by atoms with Crippen molar-refractivity contribution in [2.45, 2.75) is 25.7 Å². The number of hydrogen-bond acceptors (Lipinski definition) is 3. The van der Waals surface area contributed by atoms with Crippen molar-refractivity contribution in [3.05, 3.63) is 59.2 Å². The minimum absolute atomic E-state index is 0.0767. The van der Waals surface area contributed by atoms with Gasteiger partial charge < -0.3 is 15.2 Å². The molecule has 2 aromatic carbocycles. The van der Waals surface area contributed by atoms with Crippen LogP contribution in [0.4, 0.5) is 5.69 Å². The molecule has 1 aliphatic rings. The minimum atomic E-state index is -1.03. The summed E-state index contributed by atoms with van der Waals surface area (Å²) in [5.41, 5.74) is 4.44. The Hall–Kier alpha value is -2.82. The molecule has 3 rings (SSSR count). The molecule has 0 aliphatic heterocycles. The van der Waals surface area contributed by atoms with E-state index in [0.717, 1.165) is 18.4 Å². The lowest BCUT2D eigenvalue weighted by Crippen LogP contribution is -2.14. The summed E-state index contributed by atoms with van der Waals surface area (Å²) in [6.45, 7) is -0.385. The van der Waals surface area contributed by atoms with Crippen LogP contribution in [-0.2, 0) is 28.9 Å². The fraction of sp³-hybridized carbons (Fsp3) is 0.263. The Bertz CT molecular complexity index is 752. The molecule has 124 valence electrons. The Morgan fingerprint density at radius 2 is 1.79 bits per heavy atom. The number of aryl methyl sites for hydroxylation is 2. The Morgan fingerprint density at radius 3 is 2.54 bits per heavy atom. The van der Waals surface area contributed by atoms with Crippen LogP contribution in [0.15, 0.2) is 42.5 Å². The lowest BCUT2D eigenvalue weighted by atomic mass is 10.0. The molecule has 0 fully saturated rings. The number of carboxylic acid groups (broad SMARTS) is 1. The number of nitrogens with one attached hydrogen (secondary N) is 1. The van der Waals surface area contributed by atoms with Gasteiger partial charge in [-0.1, -0.05) is 18.2 Å². The molecule has 0 unspecified atom stereocenters. The van der Waals surface area contributed by atoms with Gasteiger partial charge in [0.05, 0.1) is 6.42 Å². The van der Waals surface area contributed by atoms with Crippen LogP contribution in [0.3, 0.4) is 0 Å². The predicted molar refractivity (Wildman–Crippen MR) is 90.4 cm³/mol. The number of hydrogen-bond donors (Lipinski definition) is 2. The fourth-order valence-electron chi connectivity index (χ4n) is 2.91. The van der Waals surface area contributed by atoms with E-state index in [1.807, 2.05) is 6.07 Å². The number of ether oxygens (including phenoxy) is 1.